The second kappa shape index (κ2) is 6.47. The molecule has 0 radical (unpaired) electrons. The minimum atomic E-state index is -0.348. The summed E-state index contributed by atoms with van der Waals surface area (Å²) in [6, 6.07) is 4.15. The average molecular weight is 278 g/mol. The lowest BCUT2D eigenvalue weighted by molar-refractivity contribution is 0.280. The molecule has 1 heterocycles. The van der Waals surface area contributed by atoms with Crippen molar-refractivity contribution in [3.8, 4) is 5.75 Å². The van der Waals surface area contributed by atoms with E-state index in [0.717, 1.165) is 18.5 Å². The van der Waals surface area contributed by atoms with E-state index in [1.165, 1.54) is 18.5 Å². The van der Waals surface area contributed by atoms with Gasteiger partial charge < -0.3 is 10.5 Å². The van der Waals surface area contributed by atoms with Crippen LogP contribution in [0.25, 0.3) is 0 Å². The largest absolute Gasteiger partial charge is 0.485 e. The molecule has 5 nitrogen and oxygen atoms in total. The summed E-state index contributed by atoms with van der Waals surface area (Å²) in [4.78, 5) is 4.15. The summed E-state index contributed by atoms with van der Waals surface area (Å²) in [5.74, 6) is 0.817. The molecule has 1 atom stereocenters. The first-order valence-electron chi connectivity index (χ1n) is 6.66. The van der Waals surface area contributed by atoms with Crippen LogP contribution in [0.1, 0.15) is 37.7 Å². The second-order valence-corrected chi connectivity index (χ2v) is 4.66. The van der Waals surface area contributed by atoms with Gasteiger partial charge in [-0.3, -0.25) is 0 Å². The van der Waals surface area contributed by atoms with Crippen molar-refractivity contribution >= 4 is 0 Å². The lowest BCUT2D eigenvalue weighted by atomic mass is 10.1. The Bertz CT molecular complexity index is 568. The van der Waals surface area contributed by atoms with Crippen LogP contribution in [-0.4, -0.2) is 14.8 Å². The Labute approximate surface area is 117 Å². The molecule has 2 N–H and O–H groups in total. The van der Waals surface area contributed by atoms with Gasteiger partial charge in [0.1, 0.15) is 24.5 Å². The Morgan fingerprint density at radius 2 is 2.25 bits per heavy atom. The SMILES string of the molecule is CCCn1ncnc1COc1cc(F)ccc1[C@H](C)N. The van der Waals surface area contributed by atoms with E-state index in [-0.39, 0.29) is 18.5 Å². The molecular formula is C14H19FN4O. The summed E-state index contributed by atoms with van der Waals surface area (Å²) >= 11 is 0. The van der Waals surface area contributed by atoms with Gasteiger partial charge in [-0.1, -0.05) is 13.0 Å². The second-order valence-electron chi connectivity index (χ2n) is 4.66. The quantitative estimate of drug-likeness (QED) is 0.881. The minimum absolute atomic E-state index is 0.223. The third-order valence-corrected chi connectivity index (χ3v) is 2.95. The molecule has 2 rings (SSSR count). The number of nitrogens with two attached hydrogens (primary N) is 1. The fourth-order valence-electron chi connectivity index (χ4n) is 1.95. The highest BCUT2D eigenvalue weighted by Crippen LogP contribution is 2.25. The summed E-state index contributed by atoms with van der Waals surface area (Å²) in [5.41, 5.74) is 6.63. The number of aryl methyl sites for hydroxylation is 1. The normalized spacial score (nSPS) is 12.4. The number of hydrogen-bond donors (Lipinski definition) is 1. The van der Waals surface area contributed by atoms with Gasteiger partial charge in [0.15, 0.2) is 5.82 Å². The number of aromatic nitrogens is 3. The number of ether oxygens (including phenoxy) is 1. The molecule has 20 heavy (non-hydrogen) atoms. The third-order valence-electron chi connectivity index (χ3n) is 2.95. The zero-order valence-corrected chi connectivity index (χ0v) is 11.7. The highest BCUT2D eigenvalue weighted by molar-refractivity contribution is 5.36. The molecule has 0 saturated heterocycles. The molecule has 0 fully saturated rings. The van der Waals surface area contributed by atoms with Crippen molar-refractivity contribution in [3.63, 3.8) is 0 Å². The number of benzene rings is 1. The van der Waals surface area contributed by atoms with Crippen LogP contribution in [0, 0.1) is 5.82 Å². The summed E-state index contributed by atoms with van der Waals surface area (Å²) in [5, 5.41) is 4.12. The van der Waals surface area contributed by atoms with E-state index in [2.05, 4.69) is 17.0 Å². The Hall–Kier alpha value is -1.95. The molecule has 0 spiro atoms. The van der Waals surface area contributed by atoms with Gasteiger partial charge in [0.25, 0.3) is 0 Å². The van der Waals surface area contributed by atoms with Crippen LogP contribution in [0.3, 0.4) is 0 Å². The van der Waals surface area contributed by atoms with E-state index in [9.17, 15) is 4.39 Å². The van der Waals surface area contributed by atoms with Crippen molar-refractivity contribution in [1.82, 2.24) is 14.8 Å². The highest BCUT2D eigenvalue weighted by atomic mass is 19.1. The number of nitrogens with zero attached hydrogens (tertiary/aromatic N) is 3. The Morgan fingerprint density at radius 1 is 1.45 bits per heavy atom. The third kappa shape index (κ3) is 3.33. The van der Waals surface area contributed by atoms with Gasteiger partial charge in [0.05, 0.1) is 0 Å². The van der Waals surface area contributed by atoms with Crippen molar-refractivity contribution < 1.29 is 9.13 Å². The predicted molar refractivity (Wildman–Crippen MR) is 73.6 cm³/mol. The summed E-state index contributed by atoms with van der Waals surface area (Å²) < 4.78 is 20.8. The Balaban J connectivity index is 2.14. The maximum atomic E-state index is 13.3. The van der Waals surface area contributed by atoms with E-state index < -0.39 is 0 Å². The van der Waals surface area contributed by atoms with Gasteiger partial charge in [-0.15, -0.1) is 0 Å². The molecule has 6 heteroatoms. The molecule has 0 unspecified atom stereocenters. The summed E-state index contributed by atoms with van der Waals surface area (Å²) in [7, 11) is 0. The van der Waals surface area contributed by atoms with E-state index in [1.54, 1.807) is 10.7 Å². The fourth-order valence-corrected chi connectivity index (χ4v) is 1.95. The van der Waals surface area contributed by atoms with Gasteiger partial charge in [0, 0.05) is 24.2 Å². The summed E-state index contributed by atoms with van der Waals surface area (Å²) in [6.07, 6.45) is 2.45. The first kappa shape index (κ1) is 14.5. The molecule has 0 aliphatic heterocycles. The topological polar surface area (TPSA) is 66.0 Å². The van der Waals surface area contributed by atoms with Crippen molar-refractivity contribution in [2.45, 2.75) is 39.5 Å². The molecular weight excluding hydrogens is 259 g/mol. The van der Waals surface area contributed by atoms with Gasteiger partial charge in [-0.25, -0.2) is 14.1 Å². The van der Waals surface area contributed by atoms with Crippen LogP contribution < -0.4 is 10.5 Å². The van der Waals surface area contributed by atoms with Crippen molar-refractivity contribution in [2.75, 3.05) is 0 Å². The molecule has 0 amide bonds. The first-order valence-corrected chi connectivity index (χ1v) is 6.66. The number of hydrogen-bond acceptors (Lipinski definition) is 4. The average Bonchev–Trinajstić information content (AvgIpc) is 2.84. The molecule has 0 aliphatic rings. The molecule has 1 aromatic carbocycles. The van der Waals surface area contributed by atoms with E-state index in [4.69, 9.17) is 10.5 Å². The van der Waals surface area contributed by atoms with Crippen LogP contribution in [0.5, 0.6) is 5.75 Å². The molecule has 1 aromatic heterocycles. The van der Waals surface area contributed by atoms with Crippen molar-refractivity contribution in [3.05, 3.63) is 41.7 Å². The van der Waals surface area contributed by atoms with Crippen molar-refractivity contribution in [2.24, 2.45) is 5.73 Å². The van der Waals surface area contributed by atoms with Gasteiger partial charge in [0.2, 0.25) is 0 Å². The van der Waals surface area contributed by atoms with E-state index in [1.807, 2.05) is 6.92 Å². The molecule has 108 valence electrons. The zero-order chi connectivity index (χ0) is 14.5. The van der Waals surface area contributed by atoms with Crippen LogP contribution in [0.15, 0.2) is 24.5 Å². The van der Waals surface area contributed by atoms with Crippen LogP contribution in [-0.2, 0) is 13.2 Å². The minimum Gasteiger partial charge on any atom is -0.485 e. The zero-order valence-electron chi connectivity index (χ0n) is 11.7. The van der Waals surface area contributed by atoms with Gasteiger partial charge in [-0.2, -0.15) is 5.10 Å². The lowest BCUT2D eigenvalue weighted by Gasteiger charge is -2.14. The Kier molecular flexibility index (Phi) is 4.68. The fraction of sp³-hybridized carbons (Fsp3) is 0.429. The molecule has 0 aliphatic carbocycles. The Morgan fingerprint density at radius 3 is 2.95 bits per heavy atom. The smallest absolute Gasteiger partial charge is 0.164 e. The molecule has 0 bridgehead atoms. The van der Waals surface area contributed by atoms with Gasteiger partial charge in [-0.05, 0) is 19.4 Å². The lowest BCUT2D eigenvalue weighted by Crippen LogP contribution is -2.11. The van der Waals surface area contributed by atoms with Crippen LogP contribution >= 0.6 is 0 Å². The standard InChI is InChI=1S/C14H19FN4O/c1-3-6-19-14(17-9-18-19)8-20-13-7-11(15)4-5-12(13)10(2)16/h4-5,7,9-10H,3,6,8,16H2,1-2H3/t10-/m0/s1. The highest BCUT2D eigenvalue weighted by Gasteiger charge is 2.11. The van der Waals surface area contributed by atoms with Crippen LogP contribution in [0.4, 0.5) is 4.39 Å². The molecule has 2 aromatic rings. The van der Waals surface area contributed by atoms with Crippen LogP contribution in [0.2, 0.25) is 0 Å². The number of rotatable bonds is 6. The summed E-state index contributed by atoms with van der Waals surface area (Å²) in [6.45, 7) is 4.91. The van der Waals surface area contributed by atoms with E-state index >= 15 is 0 Å². The number of halogens is 1. The first-order chi connectivity index (χ1) is 9.61. The van der Waals surface area contributed by atoms with E-state index in [0.29, 0.717) is 11.6 Å². The van der Waals surface area contributed by atoms with Crippen molar-refractivity contribution in [1.29, 1.82) is 0 Å². The van der Waals surface area contributed by atoms with Gasteiger partial charge >= 0.3 is 0 Å². The maximum absolute atomic E-state index is 13.3. The predicted octanol–water partition coefficient (Wildman–Crippen LogP) is 2.43. The monoisotopic (exact) mass is 278 g/mol. The maximum Gasteiger partial charge on any atom is 0.164 e. The molecule has 0 saturated carbocycles.